The smallest absolute Gasteiger partial charge is 0.227 e. The molecule has 5 nitrogen and oxygen atoms in total. The van der Waals surface area contributed by atoms with E-state index in [1.54, 1.807) is 6.20 Å². The maximum Gasteiger partial charge on any atom is 0.227 e. The maximum atomic E-state index is 12.7. The van der Waals surface area contributed by atoms with Gasteiger partial charge >= 0.3 is 0 Å². The zero-order valence-electron chi connectivity index (χ0n) is 14.8. The average molecular weight is 359 g/mol. The predicted octanol–water partition coefficient (Wildman–Crippen LogP) is 3.91. The van der Waals surface area contributed by atoms with Crippen LogP contribution in [0.3, 0.4) is 0 Å². The summed E-state index contributed by atoms with van der Waals surface area (Å²) >= 11 is 5.89. The van der Waals surface area contributed by atoms with Gasteiger partial charge in [-0.05, 0) is 57.4 Å². The highest BCUT2D eigenvalue weighted by atomic mass is 35.5. The number of aromatic nitrogens is 2. The van der Waals surface area contributed by atoms with Crippen LogP contribution in [-0.4, -0.2) is 29.0 Å². The van der Waals surface area contributed by atoms with Gasteiger partial charge in [-0.15, -0.1) is 0 Å². The normalized spacial score (nSPS) is 15.3. The summed E-state index contributed by atoms with van der Waals surface area (Å²) in [5.74, 6) is 1.02. The largest absolute Gasteiger partial charge is 0.357 e. The first-order chi connectivity index (χ1) is 11.9. The minimum atomic E-state index is 0.0173. The second kappa shape index (κ2) is 7.40. The number of halogens is 1. The van der Waals surface area contributed by atoms with Crippen LogP contribution in [0.1, 0.15) is 29.8 Å². The lowest BCUT2D eigenvalue weighted by Crippen LogP contribution is -2.38. The van der Waals surface area contributed by atoms with E-state index in [0.29, 0.717) is 5.02 Å². The van der Waals surface area contributed by atoms with Crippen LogP contribution in [0.15, 0.2) is 24.4 Å². The fourth-order valence-corrected chi connectivity index (χ4v) is 3.48. The SMILES string of the molecule is Cc1cc(C)c(NC(=O)C2CCN(c3ccc(Cl)cn3)CC2)c(C)n1. The summed E-state index contributed by atoms with van der Waals surface area (Å²) in [4.78, 5) is 23.7. The lowest BCUT2D eigenvalue weighted by molar-refractivity contribution is -0.120. The van der Waals surface area contributed by atoms with Gasteiger partial charge in [0.25, 0.3) is 0 Å². The molecule has 0 aromatic carbocycles. The second-order valence-electron chi connectivity index (χ2n) is 6.63. The molecule has 1 aliphatic heterocycles. The number of aryl methyl sites for hydroxylation is 3. The Kier molecular flexibility index (Phi) is 5.23. The van der Waals surface area contributed by atoms with Crippen molar-refractivity contribution in [1.29, 1.82) is 0 Å². The molecule has 25 heavy (non-hydrogen) atoms. The van der Waals surface area contributed by atoms with Crippen LogP contribution in [0.2, 0.25) is 5.02 Å². The van der Waals surface area contributed by atoms with E-state index in [1.165, 1.54) is 0 Å². The van der Waals surface area contributed by atoms with Gasteiger partial charge in [-0.2, -0.15) is 0 Å². The summed E-state index contributed by atoms with van der Waals surface area (Å²) in [7, 11) is 0. The first-order valence-electron chi connectivity index (χ1n) is 8.56. The highest BCUT2D eigenvalue weighted by Crippen LogP contribution is 2.25. The third-order valence-electron chi connectivity index (χ3n) is 4.68. The Morgan fingerprint density at radius 3 is 2.56 bits per heavy atom. The van der Waals surface area contributed by atoms with Crippen LogP contribution in [0, 0.1) is 26.7 Å². The molecular formula is C19H23ClN4O. The molecule has 1 N–H and O–H groups in total. The van der Waals surface area contributed by atoms with E-state index in [-0.39, 0.29) is 11.8 Å². The Labute approximate surface area is 153 Å². The van der Waals surface area contributed by atoms with Gasteiger partial charge < -0.3 is 10.2 Å². The molecule has 1 aliphatic rings. The number of carbonyl (C=O) groups is 1. The Hall–Kier alpha value is -2.14. The fourth-order valence-electron chi connectivity index (χ4n) is 3.36. The molecule has 132 valence electrons. The molecule has 3 heterocycles. The van der Waals surface area contributed by atoms with E-state index < -0.39 is 0 Å². The summed E-state index contributed by atoms with van der Waals surface area (Å²) < 4.78 is 0. The molecule has 0 saturated carbocycles. The topological polar surface area (TPSA) is 58.1 Å². The number of piperidine rings is 1. The van der Waals surface area contributed by atoms with Crippen LogP contribution in [0.5, 0.6) is 0 Å². The van der Waals surface area contributed by atoms with Gasteiger partial charge in [0.05, 0.1) is 16.4 Å². The molecule has 1 amide bonds. The van der Waals surface area contributed by atoms with Crippen LogP contribution >= 0.6 is 11.6 Å². The molecular weight excluding hydrogens is 336 g/mol. The minimum absolute atomic E-state index is 0.0173. The quantitative estimate of drug-likeness (QED) is 0.903. The molecule has 1 fully saturated rings. The lowest BCUT2D eigenvalue weighted by atomic mass is 9.95. The molecule has 0 radical (unpaired) electrons. The number of hydrogen-bond donors (Lipinski definition) is 1. The molecule has 2 aromatic heterocycles. The third-order valence-corrected chi connectivity index (χ3v) is 4.90. The van der Waals surface area contributed by atoms with Gasteiger partial charge in [0.1, 0.15) is 5.82 Å². The van der Waals surface area contributed by atoms with Crippen molar-refractivity contribution in [3.05, 3.63) is 46.4 Å². The van der Waals surface area contributed by atoms with Crippen LogP contribution in [0.25, 0.3) is 0 Å². The van der Waals surface area contributed by atoms with E-state index >= 15 is 0 Å². The van der Waals surface area contributed by atoms with Gasteiger partial charge in [-0.1, -0.05) is 11.6 Å². The molecule has 0 spiro atoms. The van der Waals surface area contributed by atoms with Gasteiger partial charge in [0, 0.05) is 30.9 Å². The number of anilines is 2. The molecule has 0 atom stereocenters. The molecule has 2 aromatic rings. The molecule has 0 aliphatic carbocycles. The fraction of sp³-hybridized carbons (Fsp3) is 0.421. The molecule has 0 bridgehead atoms. The Morgan fingerprint density at radius 2 is 1.96 bits per heavy atom. The highest BCUT2D eigenvalue weighted by molar-refractivity contribution is 6.30. The Balaban J connectivity index is 1.61. The molecule has 1 saturated heterocycles. The van der Waals surface area contributed by atoms with Crippen molar-refractivity contribution in [2.75, 3.05) is 23.3 Å². The Morgan fingerprint density at radius 1 is 1.24 bits per heavy atom. The first kappa shape index (κ1) is 17.7. The van der Waals surface area contributed by atoms with Crippen molar-refractivity contribution < 1.29 is 4.79 Å². The van der Waals surface area contributed by atoms with Crippen molar-refractivity contribution in [3.8, 4) is 0 Å². The standard InChI is InChI=1S/C19H23ClN4O/c1-12-10-13(2)22-14(3)18(12)23-19(25)15-6-8-24(9-7-15)17-5-4-16(20)11-21-17/h4-5,10-11,15H,6-9H2,1-3H3,(H,23,25). The van der Waals surface area contributed by atoms with Crippen LogP contribution in [-0.2, 0) is 4.79 Å². The lowest BCUT2D eigenvalue weighted by Gasteiger charge is -2.32. The predicted molar refractivity (Wildman–Crippen MR) is 101 cm³/mol. The number of hydrogen-bond acceptors (Lipinski definition) is 4. The van der Waals surface area contributed by atoms with Crippen molar-refractivity contribution in [1.82, 2.24) is 9.97 Å². The van der Waals surface area contributed by atoms with Gasteiger partial charge in [-0.3, -0.25) is 9.78 Å². The number of rotatable bonds is 3. The number of pyridine rings is 2. The van der Waals surface area contributed by atoms with Crippen molar-refractivity contribution in [2.45, 2.75) is 33.6 Å². The first-order valence-corrected chi connectivity index (χ1v) is 8.94. The summed E-state index contributed by atoms with van der Waals surface area (Å²) in [6.07, 6.45) is 3.28. The van der Waals surface area contributed by atoms with E-state index in [1.807, 2.05) is 39.0 Å². The molecule has 3 rings (SSSR count). The number of carbonyl (C=O) groups excluding carboxylic acids is 1. The zero-order valence-corrected chi connectivity index (χ0v) is 15.6. The number of nitrogens with zero attached hydrogens (tertiary/aromatic N) is 3. The van der Waals surface area contributed by atoms with Crippen molar-refractivity contribution in [2.24, 2.45) is 5.92 Å². The van der Waals surface area contributed by atoms with Crippen LogP contribution in [0.4, 0.5) is 11.5 Å². The van der Waals surface area contributed by atoms with Gasteiger partial charge in [0.2, 0.25) is 5.91 Å². The summed E-state index contributed by atoms with van der Waals surface area (Å²) in [5, 5.41) is 3.72. The second-order valence-corrected chi connectivity index (χ2v) is 7.06. The molecule has 0 unspecified atom stereocenters. The average Bonchev–Trinajstić information content (AvgIpc) is 2.59. The number of nitrogens with one attached hydrogen (secondary N) is 1. The zero-order chi connectivity index (χ0) is 18.0. The van der Waals surface area contributed by atoms with Crippen molar-refractivity contribution >= 4 is 29.0 Å². The third kappa shape index (κ3) is 4.10. The summed E-state index contributed by atoms with van der Waals surface area (Å²) in [6, 6.07) is 5.77. The van der Waals surface area contributed by atoms with Crippen LogP contribution < -0.4 is 10.2 Å². The highest BCUT2D eigenvalue weighted by Gasteiger charge is 2.26. The van der Waals surface area contributed by atoms with Gasteiger partial charge in [-0.25, -0.2) is 4.98 Å². The van der Waals surface area contributed by atoms with E-state index in [4.69, 9.17) is 11.6 Å². The maximum absolute atomic E-state index is 12.7. The minimum Gasteiger partial charge on any atom is -0.357 e. The molecule has 6 heteroatoms. The summed E-state index contributed by atoms with van der Waals surface area (Å²) in [6.45, 7) is 7.54. The van der Waals surface area contributed by atoms with Crippen molar-refractivity contribution in [3.63, 3.8) is 0 Å². The van der Waals surface area contributed by atoms with E-state index in [2.05, 4.69) is 20.2 Å². The number of amides is 1. The monoisotopic (exact) mass is 358 g/mol. The van der Waals surface area contributed by atoms with E-state index in [9.17, 15) is 4.79 Å². The summed E-state index contributed by atoms with van der Waals surface area (Å²) in [5.41, 5.74) is 3.74. The van der Waals surface area contributed by atoms with Gasteiger partial charge in [0.15, 0.2) is 0 Å². The Bertz CT molecular complexity index is 744. The van der Waals surface area contributed by atoms with E-state index in [0.717, 1.165) is 54.4 Å².